The van der Waals surface area contributed by atoms with E-state index >= 15 is 0 Å². The van der Waals surface area contributed by atoms with Gasteiger partial charge in [-0.3, -0.25) is 0 Å². The smallest absolute Gasteiger partial charge is 0.339 e. The minimum atomic E-state index is -0.980. The number of carbonyl (C=O) groups is 1. The highest BCUT2D eigenvalue weighted by atomic mass is 35.5. The fourth-order valence-electron chi connectivity index (χ4n) is 3.18. The molecule has 0 amide bonds. The van der Waals surface area contributed by atoms with E-state index in [0.717, 1.165) is 12.8 Å². The summed E-state index contributed by atoms with van der Waals surface area (Å²) >= 11 is 5.99. The van der Waals surface area contributed by atoms with Gasteiger partial charge in [-0.1, -0.05) is 38.8 Å². The van der Waals surface area contributed by atoms with Crippen molar-refractivity contribution in [2.24, 2.45) is 17.8 Å². The Morgan fingerprint density at radius 3 is 2.71 bits per heavy atom. The number of carboxylic acid groups (broad SMARTS) is 1. The molecule has 0 radical (unpaired) electrons. The molecule has 2 rings (SSSR count). The molecule has 0 spiro atoms. The van der Waals surface area contributed by atoms with E-state index in [9.17, 15) is 9.90 Å². The van der Waals surface area contributed by atoms with Crippen LogP contribution in [0.3, 0.4) is 0 Å². The molecule has 0 saturated heterocycles. The number of hydrogen-bond donors (Lipinski definition) is 1. The van der Waals surface area contributed by atoms with E-state index < -0.39 is 5.97 Å². The number of carboxylic acids is 1. The van der Waals surface area contributed by atoms with Crippen molar-refractivity contribution in [3.8, 4) is 5.75 Å². The molecule has 1 N–H and O–H groups in total. The van der Waals surface area contributed by atoms with Gasteiger partial charge in [0.1, 0.15) is 17.4 Å². The highest BCUT2D eigenvalue weighted by molar-refractivity contribution is 6.30. The maximum Gasteiger partial charge on any atom is 0.339 e. The predicted octanol–water partition coefficient (Wildman–Crippen LogP) is 4.88. The van der Waals surface area contributed by atoms with Gasteiger partial charge in [0.2, 0.25) is 0 Å². The zero-order chi connectivity index (χ0) is 15.6. The molecular formula is C17H23ClO3. The summed E-state index contributed by atoms with van der Waals surface area (Å²) in [6, 6.07) is 4.71. The van der Waals surface area contributed by atoms with Crippen molar-refractivity contribution in [1.29, 1.82) is 0 Å². The minimum Gasteiger partial charge on any atom is -0.489 e. The first kappa shape index (κ1) is 16.2. The fraction of sp³-hybridized carbons (Fsp3) is 0.588. The first-order valence-electron chi connectivity index (χ1n) is 7.58. The summed E-state index contributed by atoms with van der Waals surface area (Å²) in [6.45, 7) is 6.63. The number of rotatable bonds is 4. The molecule has 21 heavy (non-hydrogen) atoms. The number of benzene rings is 1. The Bertz CT molecular complexity index is 513. The molecule has 3 unspecified atom stereocenters. The van der Waals surface area contributed by atoms with Crippen molar-refractivity contribution in [2.75, 3.05) is 0 Å². The Balaban J connectivity index is 2.26. The Labute approximate surface area is 131 Å². The molecule has 1 aliphatic carbocycles. The van der Waals surface area contributed by atoms with Gasteiger partial charge in [-0.15, -0.1) is 0 Å². The fourth-order valence-corrected chi connectivity index (χ4v) is 3.35. The lowest BCUT2D eigenvalue weighted by Gasteiger charge is -2.37. The van der Waals surface area contributed by atoms with Crippen LogP contribution in [0.2, 0.25) is 5.02 Å². The number of aromatic carboxylic acids is 1. The third kappa shape index (κ3) is 3.91. The van der Waals surface area contributed by atoms with Gasteiger partial charge in [-0.2, -0.15) is 0 Å². The molecule has 1 aromatic rings. The van der Waals surface area contributed by atoms with E-state index in [0.29, 0.717) is 28.5 Å². The SMILES string of the molecule is CC1CCC(C(C)C)C(Oc2cc(Cl)ccc2C(=O)O)C1. The summed E-state index contributed by atoms with van der Waals surface area (Å²) in [5, 5.41) is 9.79. The summed E-state index contributed by atoms with van der Waals surface area (Å²) in [7, 11) is 0. The van der Waals surface area contributed by atoms with Crippen molar-refractivity contribution in [3.05, 3.63) is 28.8 Å². The van der Waals surface area contributed by atoms with E-state index in [1.54, 1.807) is 12.1 Å². The van der Waals surface area contributed by atoms with E-state index in [4.69, 9.17) is 16.3 Å². The molecule has 1 saturated carbocycles. The summed E-state index contributed by atoms with van der Waals surface area (Å²) in [4.78, 5) is 11.3. The summed E-state index contributed by atoms with van der Waals surface area (Å²) in [5.74, 6) is 1.00. The van der Waals surface area contributed by atoms with Crippen molar-refractivity contribution in [3.63, 3.8) is 0 Å². The van der Waals surface area contributed by atoms with Crippen molar-refractivity contribution in [1.82, 2.24) is 0 Å². The second-order valence-electron chi connectivity index (χ2n) is 6.43. The third-order valence-electron chi connectivity index (χ3n) is 4.41. The minimum absolute atomic E-state index is 0.0605. The van der Waals surface area contributed by atoms with E-state index in [1.165, 1.54) is 12.5 Å². The molecule has 4 heteroatoms. The summed E-state index contributed by atoms with van der Waals surface area (Å²) < 4.78 is 6.11. The van der Waals surface area contributed by atoms with Gasteiger partial charge >= 0.3 is 5.97 Å². The van der Waals surface area contributed by atoms with Gasteiger partial charge < -0.3 is 9.84 Å². The molecule has 0 aliphatic heterocycles. The van der Waals surface area contributed by atoms with Gasteiger partial charge in [0.25, 0.3) is 0 Å². The lowest BCUT2D eigenvalue weighted by atomic mass is 9.75. The molecule has 1 fully saturated rings. The average molecular weight is 311 g/mol. The van der Waals surface area contributed by atoms with Gasteiger partial charge in [0.15, 0.2) is 0 Å². The van der Waals surface area contributed by atoms with Crippen molar-refractivity contribution in [2.45, 2.75) is 46.1 Å². The molecule has 0 aromatic heterocycles. The van der Waals surface area contributed by atoms with Crippen LogP contribution in [0.1, 0.15) is 50.4 Å². The van der Waals surface area contributed by atoms with Crippen LogP contribution >= 0.6 is 11.6 Å². The summed E-state index contributed by atoms with van der Waals surface area (Å²) in [5.41, 5.74) is 0.181. The normalized spacial score (nSPS) is 25.9. The van der Waals surface area contributed by atoms with Gasteiger partial charge in [0, 0.05) is 5.02 Å². The molecular weight excluding hydrogens is 288 g/mol. The van der Waals surface area contributed by atoms with E-state index in [-0.39, 0.29) is 11.7 Å². The lowest BCUT2D eigenvalue weighted by molar-refractivity contribution is 0.0437. The molecule has 1 aromatic carbocycles. The standard InChI is InChI=1S/C17H23ClO3/c1-10(2)13-6-4-11(3)8-15(13)21-16-9-12(18)5-7-14(16)17(19)20/h5,7,9-11,13,15H,4,6,8H2,1-3H3,(H,19,20). The molecule has 0 heterocycles. The van der Waals surface area contributed by atoms with Crippen LogP contribution in [-0.4, -0.2) is 17.2 Å². The zero-order valence-electron chi connectivity index (χ0n) is 12.8. The quantitative estimate of drug-likeness (QED) is 0.862. The Morgan fingerprint density at radius 1 is 1.38 bits per heavy atom. The van der Waals surface area contributed by atoms with E-state index in [1.807, 2.05) is 0 Å². The van der Waals surface area contributed by atoms with Crippen LogP contribution in [0.25, 0.3) is 0 Å². The highest BCUT2D eigenvalue weighted by Crippen LogP contribution is 2.37. The van der Waals surface area contributed by atoms with Crippen molar-refractivity contribution < 1.29 is 14.6 Å². The van der Waals surface area contributed by atoms with Gasteiger partial charge in [0.05, 0.1) is 0 Å². The molecule has 3 atom stereocenters. The maximum atomic E-state index is 11.3. The Morgan fingerprint density at radius 2 is 2.10 bits per heavy atom. The van der Waals surface area contributed by atoms with Crippen LogP contribution < -0.4 is 4.74 Å². The monoisotopic (exact) mass is 310 g/mol. The molecule has 116 valence electrons. The van der Waals surface area contributed by atoms with Gasteiger partial charge in [-0.25, -0.2) is 4.79 Å². The number of ether oxygens (including phenoxy) is 1. The van der Waals surface area contributed by atoms with Crippen LogP contribution in [-0.2, 0) is 0 Å². The van der Waals surface area contributed by atoms with Crippen LogP contribution in [0.4, 0.5) is 0 Å². The zero-order valence-corrected chi connectivity index (χ0v) is 13.6. The summed E-state index contributed by atoms with van der Waals surface area (Å²) in [6.07, 6.45) is 3.37. The molecule has 3 nitrogen and oxygen atoms in total. The first-order chi connectivity index (χ1) is 9.88. The van der Waals surface area contributed by atoms with Crippen LogP contribution in [0.15, 0.2) is 18.2 Å². The molecule has 1 aliphatic rings. The van der Waals surface area contributed by atoms with Crippen molar-refractivity contribution >= 4 is 17.6 Å². The second-order valence-corrected chi connectivity index (χ2v) is 6.86. The lowest BCUT2D eigenvalue weighted by Crippen LogP contribution is -2.36. The maximum absolute atomic E-state index is 11.3. The Hall–Kier alpha value is -1.22. The second kappa shape index (κ2) is 6.69. The third-order valence-corrected chi connectivity index (χ3v) is 4.65. The number of halogens is 1. The topological polar surface area (TPSA) is 46.5 Å². The highest BCUT2D eigenvalue weighted by Gasteiger charge is 2.33. The largest absolute Gasteiger partial charge is 0.489 e. The molecule has 0 bridgehead atoms. The number of hydrogen-bond acceptors (Lipinski definition) is 2. The van der Waals surface area contributed by atoms with Crippen LogP contribution in [0, 0.1) is 17.8 Å². The average Bonchev–Trinajstić information content (AvgIpc) is 2.38. The van der Waals surface area contributed by atoms with Crippen LogP contribution in [0.5, 0.6) is 5.75 Å². The Kier molecular flexibility index (Phi) is 5.15. The van der Waals surface area contributed by atoms with Gasteiger partial charge in [-0.05, 0) is 48.8 Å². The van der Waals surface area contributed by atoms with E-state index in [2.05, 4.69) is 20.8 Å². The predicted molar refractivity (Wildman–Crippen MR) is 84.2 cm³/mol. The first-order valence-corrected chi connectivity index (χ1v) is 7.95.